The van der Waals surface area contributed by atoms with E-state index in [9.17, 15) is 4.79 Å². The maximum absolute atomic E-state index is 11.0. The molecule has 19 heavy (non-hydrogen) atoms. The van der Waals surface area contributed by atoms with Gasteiger partial charge in [-0.05, 0) is 27.2 Å². The van der Waals surface area contributed by atoms with Gasteiger partial charge >= 0.3 is 8.80 Å². The van der Waals surface area contributed by atoms with Crippen LogP contribution >= 0.6 is 0 Å². The molecule has 1 amide bonds. The highest BCUT2D eigenvalue weighted by atomic mass is 28.4. The highest BCUT2D eigenvalue weighted by molar-refractivity contribution is 6.60. The van der Waals surface area contributed by atoms with Crippen LogP contribution < -0.4 is 5.32 Å². The summed E-state index contributed by atoms with van der Waals surface area (Å²) in [5.74, 6) is -0.122. The van der Waals surface area contributed by atoms with E-state index in [4.69, 9.17) is 18.0 Å². The summed E-state index contributed by atoms with van der Waals surface area (Å²) in [5.41, 5.74) is 0. The fourth-order valence-corrected chi connectivity index (χ4v) is 4.21. The van der Waals surface area contributed by atoms with Gasteiger partial charge in [0.2, 0.25) is 5.91 Å². The van der Waals surface area contributed by atoms with Crippen LogP contribution in [0.5, 0.6) is 0 Å². The van der Waals surface area contributed by atoms with Gasteiger partial charge in [-0.3, -0.25) is 4.79 Å². The summed E-state index contributed by atoms with van der Waals surface area (Å²) in [6.45, 7) is 8.10. The zero-order valence-corrected chi connectivity index (χ0v) is 13.5. The first-order chi connectivity index (χ1) is 9.14. The van der Waals surface area contributed by atoms with Gasteiger partial charge in [0, 0.05) is 39.5 Å². The molecule has 0 aromatic heterocycles. The Morgan fingerprint density at radius 3 is 2.00 bits per heavy atom. The number of hydrogen-bond donors (Lipinski definition) is 1. The molecular formula is C12H27NO5Si. The lowest BCUT2D eigenvalue weighted by molar-refractivity contribution is -0.125. The number of ether oxygens (including phenoxy) is 1. The molecular weight excluding hydrogens is 266 g/mol. The maximum Gasteiger partial charge on any atom is 0.501 e. The zero-order chi connectivity index (χ0) is 14.6. The van der Waals surface area contributed by atoms with E-state index in [-0.39, 0.29) is 12.5 Å². The average Bonchev–Trinajstić information content (AvgIpc) is 2.39. The van der Waals surface area contributed by atoms with Crippen LogP contribution in [0.25, 0.3) is 0 Å². The minimum Gasteiger partial charge on any atom is -0.374 e. The summed E-state index contributed by atoms with van der Waals surface area (Å²) >= 11 is 0. The molecule has 0 aliphatic carbocycles. The molecule has 0 fully saturated rings. The van der Waals surface area contributed by atoms with Gasteiger partial charge in [-0.25, -0.2) is 0 Å². The molecule has 1 N–H and O–H groups in total. The van der Waals surface area contributed by atoms with Crippen molar-refractivity contribution in [1.29, 1.82) is 0 Å². The molecule has 0 saturated carbocycles. The average molecular weight is 293 g/mol. The van der Waals surface area contributed by atoms with Crippen molar-refractivity contribution in [3.63, 3.8) is 0 Å². The van der Waals surface area contributed by atoms with Crippen LogP contribution in [0, 0.1) is 0 Å². The van der Waals surface area contributed by atoms with Crippen LogP contribution in [0.2, 0.25) is 6.04 Å². The molecule has 114 valence electrons. The van der Waals surface area contributed by atoms with E-state index in [2.05, 4.69) is 5.32 Å². The Morgan fingerprint density at radius 1 is 1.05 bits per heavy atom. The number of carbonyl (C=O) groups excluding carboxylic acids is 1. The number of nitrogens with one attached hydrogen (secondary N) is 1. The quantitative estimate of drug-likeness (QED) is 0.432. The minimum atomic E-state index is -2.56. The van der Waals surface area contributed by atoms with Crippen LogP contribution in [0.1, 0.15) is 27.2 Å². The van der Waals surface area contributed by atoms with E-state index >= 15 is 0 Å². The Balaban J connectivity index is 4.06. The van der Waals surface area contributed by atoms with Crippen molar-refractivity contribution in [2.75, 3.05) is 40.1 Å². The summed E-state index contributed by atoms with van der Waals surface area (Å²) < 4.78 is 22.4. The van der Waals surface area contributed by atoms with Gasteiger partial charge in [0.25, 0.3) is 0 Å². The van der Waals surface area contributed by atoms with E-state index in [1.54, 1.807) is 7.05 Å². The van der Waals surface area contributed by atoms with Crippen LogP contribution in [-0.4, -0.2) is 54.8 Å². The summed E-state index contributed by atoms with van der Waals surface area (Å²) in [7, 11) is -0.975. The van der Waals surface area contributed by atoms with Gasteiger partial charge < -0.3 is 23.3 Å². The molecule has 6 nitrogen and oxygen atoms in total. The van der Waals surface area contributed by atoms with Crippen LogP contribution in [0.4, 0.5) is 0 Å². The Hall–Kier alpha value is -0.473. The minimum absolute atomic E-state index is 0.0863. The molecule has 0 heterocycles. The summed E-state index contributed by atoms with van der Waals surface area (Å²) in [4.78, 5) is 11.0. The Morgan fingerprint density at radius 2 is 1.58 bits per heavy atom. The first kappa shape index (κ1) is 18.5. The summed E-state index contributed by atoms with van der Waals surface area (Å²) in [5, 5.41) is 2.50. The van der Waals surface area contributed by atoms with E-state index in [0.717, 1.165) is 6.42 Å². The number of likely N-dealkylation sites (N-methyl/N-ethyl adjacent to an activating group) is 1. The third kappa shape index (κ3) is 8.33. The Labute approximate surface area is 117 Å². The van der Waals surface area contributed by atoms with Gasteiger partial charge in [-0.1, -0.05) is 0 Å². The molecule has 0 spiro atoms. The molecule has 0 saturated heterocycles. The van der Waals surface area contributed by atoms with E-state index in [1.165, 1.54) is 0 Å². The first-order valence-electron chi connectivity index (χ1n) is 6.84. The van der Waals surface area contributed by atoms with Crippen molar-refractivity contribution in [1.82, 2.24) is 5.32 Å². The van der Waals surface area contributed by atoms with E-state index in [1.807, 2.05) is 20.8 Å². The van der Waals surface area contributed by atoms with Crippen molar-refractivity contribution < 1.29 is 22.8 Å². The lowest BCUT2D eigenvalue weighted by Gasteiger charge is -2.28. The van der Waals surface area contributed by atoms with Crippen LogP contribution in [0.3, 0.4) is 0 Å². The predicted octanol–water partition coefficient (Wildman–Crippen LogP) is 1.19. The third-order valence-electron chi connectivity index (χ3n) is 2.38. The second-order valence-electron chi connectivity index (χ2n) is 3.81. The van der Waals surface area contributed by atoms with Gasteiger partial charge in [-0.2, -0.15) is 0 Å². The van der Waals surface area contributed by atoms with Crippen molar-refractivity contribution in [2.45, 2.75) is 33.2 Å². The topological polar surface area (TPSA) is 66.0 Å². The summed E-state index contributed by atoms with van der Waals surface area (Å²) in [6, 6.07) is 0.705. The molecule has 7 heteroatoms. The molecule has 0 rings (SSSR count). The third-order valence-corrected chi connectivity index (χ3v) is 5.53. The van der Waals surface area contributed by atoms with Gasteiger partial charge in [0.15, 0.2) is 0 Å². The normalized spacial score (nSPS) is 11.6. The number of amides is 1. The highest BCUT2D eigenvalue weighted by Gasteiger charge is 2.39. The fraction of sp³-hybridized carbons (Fsp3) is 0.917. The van der Waals surface area contributed by atoms with Gasteiger partial charge in [0.1, 0.15) is 6.61 Å². The molecule has 0 unspecified atom stereocenters. The lowest BCUT2D eigenvalue weighted by Crippen LogP contribution is -2.46. The monoisotopic (exact) mass is 293 g/mol. The van der Waals surface area contributed by atoms with Gasteiger partial charge in [0.05, 0.1) is 0 Å². The van der Waals surface area contributed by atoms with Crippen molar-refractivity contribution in [3.8, 4) is 0 Å². The molecule has 0 aromatic carbocycles. The number of rotatable bonds is 12. The molecule has 0 aliphatic rings. The molecule has 0 aliphatic heterocycles. The number of hydrogen-bond acceptors (Lipinski definition) is 5. The first-order valence-corrected chi connectivity index (χ1v) is 8.77. The molecule has 0 radical (unpaired) electrons. The largest absolute Gasteiger partial charge is 0.501 e. The highest BCUT2D eigenvalue weighted by Crippen LogP contribution is 2.18. The Kier molecular flexibility index (Phi) is 11.1. The predicted molar refractivity (Wildman–Crippen MR) is 74.9 cm³/mol. The smallest absolute Gasteiger partial charge is 0.374 e. The van der Waals surface area contributed by atoms with Crippen LogP contribution in [0.15, 0.2) is 0 Å². The van der Waals surface area contributed by atoms with E-state index in [0.29, 0.717) is 32.5 Å². The Bertz CT molecular complexity index is 223. The molecule has 0 bridgehead atoms. The second kappa shape index (κ2) is 11.4. The van der Waals surface area contributed by atoms with Crippen molar-refractivity contribution in [2.24, 2.45) is 0 Å². The van der Waals surface area contributed by atoms with Crippen molar-refractivity contribution in [3.05, 3.63) is 0 Å². The second-order valence-corrected chi connectivity index (χ2v) is 6.54. The zero-order valence-electron chi connectivity index (χ0n) is 12.5. The lowest BCUT2D eigenvalue weighted by atomic mass is 10.5. The maximum atomic E-state index is 11.0. The summed E-state index contributed by atoms with van der Waals surface area (Å²) in [6.07, 6.45) is 0.753. The number of carbonyl (C=O) groups is 1. The molecule has 0 aromatic rings. The standard InChI is InChI=1S/C12H27NO5Si/c1-5-16-19(17-6-2,18-7-3)10-8-9-15-11-12(14)13-4/h5-11H2,1-4H3,(H,13,14). The SMILES string of the molecule is CCO[Si](CCCOCC(=O)NC)(OCC)OCC. The fourth-order valence-electron chi connectivity index (χ4n) is 1.63. The van der Waals surface area contributed by atoms with Crippen molar-refractivity contribution >= 4 is 14.7 Å². The van der Waals surface area contributed by atoms with Gasteiger partial charge in [-0.15, -0.1) is 0 Å². The van der Waals surface area contributed by atoms with Crippen LogP contribution in [-0.2, 0) is 22.8 Å². The molecule has 0 atom stereocenters. The van der Waals surface area contributed by atoms with E-state index < -0.39 is 8.80 Å².